The minimum atomic E-state index is 0.300. The lowest BCUT2D eigenvalue weighted by Crippen LogP contribution is -2.42. The predicted octanol–water partition coefficient (Wildman–Crippen LogP) is 2.95. The fourth-order valence-corrected chi connectivity index (χ4v) is 2.43. The van der Waals surface area contributed by atoms with Crippen LogP contribution in [0.5, 0.6) is 0 Å². The summed E-state index contributed by atoms with van der Waals surface area (Å²) in [5.41, 5.74) is 0.848. The highest BCUT2D eigenvalue weighted by Gasteiger charge is 2.42. The second-order valence-electron chi connectivity index (χ2n) is 5.94. The summed E-state index contributed by atoms with van der Waals surface area (Å²) >= 11 is 0. The molecule has 1 rings (SSSR count). The molecule has 1 aliphatic carbocycles. The summed E-state index contributed by atoms with van der Waals surface area (Å²) in [7, 11) is 0. The highest BCUT2D eigenvalue weighted by atomic mass is 16.3. The summed E-state index contributed by atoms with van der Waals surface area (Å²) < 4.78 is 0. The first kappa shape index (κ1) is 14.0. The molecule has 0 aliphatic heterocycles. The molecule has 0 aromatic rings. The Bertz CT molecular complexity index is 207. The van der Waals surface area contributed by atoms with Crippen molar-refractivity contribution in [3.63, 3.8) is 0 Å². The molecule has 0 aromatic heterocycles. The molecular weight excluding hydrogens is 198 g/mol. The Morgan fingerprint density at radius 3 is 2.25 bits per heavy atom. The first-order valence-electron chi connectivity index (χ1n) is 6.86. The first-order chi connectivity index (χ1) is 7.52. The summed E-state index contributed by atoms with van der Waals surface area (Å²) in [4.78, 5) is 0. The molecule has 1 atom stereocenters. The summed E-state index contributed by atoms with van der Waals surface area (Å²) in [5.74, 6) is 0. The zero-order chi connectivity index (χ0) is 12.2. The van der Waals surface area contributed by atoms with Gasteiger partial charge >= 0.3 is 0 Å². The molecule has 1 unspecified atom stereocenters. The number of rotatable bonds is 8. The molecule has 0 heterocycles. The maximum absolute atomic E-state index is 9.17. The minimum absolute atomic E-state index is 0.300. The van der Waals surface area contributed by atoms with Gasteiger partial charge in [-0.1, -0.05) is 20.8 Å². The van der Waals surface area contributed by atoms with Gasteiger partial charge in [0.25, 0.3) is 0 Å². The highest BCUT2D eigenvalue weighted by molar-refractivity contribution is 4.97. The zero-order valence-electron chi connectivity index (χ0n) is 11.5. The van der Waals surface area contributed by atoms with Crippen LogP contribution in [0.15, 0.2) is 0 Å². The lowest BCUT2D eigenvalue weighted by Gasteiger charge is -2.34. The summed E-state index contributed by atoms with van der Waals surface area (Å²) in [6, 6.07) is 0.615. The van der Waals surface area contributed by atoms with Crippen molar-refractivity contribution >= 4 is 0 Å². The average molecular weight is 227 g/mol. The Morgan fingerprint density at radius 2 is 1.88 bits per heavy atom. The first-order valence-corrected chi connectivity index (χ1v) is 6.86. The van der Waals surface area contributed by atoms with Gasteiger partial charge < -0.3 is 10.4 Å². The van der Waals surface area contributed by atoms with Crippen molar-refractivity contribution in [2.75, 3.05) is 13.2 Å². The van der Waals surface area contributed by atoms with Crippen molar-refractivity contribution in [2.45, 2.75) is 65.8 Å². The van der Waals surface area contributed by atoms with Crippen molar-refractivity contribution < 1.29 is 5.11 Å². The SMILES string of the molecule is CCC(CC)(CCO)CNC(C)C1(C)CC1. The van der Waals surface area contributed by atoms with Crippen LogP contribution in [0, 0.1) is 10.8 Å². The molecule has 0 bridgehead atoms. The van der Waals surface area contributed by atoms with Gasteiger partial charge in [-0.25, -0.2) is 0 Å². The smallest absolute Gasteiger partial charge is 0.0436 e. The van der Waals surface area contributed by atoms with E-state index in [2.05, 4.69) is 33.0 Å². The lowest BCUT2D eigenvalue weighted by atomic mass is 9.79. The van der Waals surface area contributed by atoms with Crippen LogP contribution in [0.3, 0.4) is 0 Å². The predicted molar refractivity (Wildman–Crippen MR) is 69.5 cm³/mol. The van der Waals surface area contributed by atoms with E-state index in [0.29, 0.717) is 23.5 Å². The highest BCUT2D eigenvalue weighted by Crippen LogP contribution is 2.48. The van der Waals surface area contributed by atoms with E-state index < -0.39 is 0 Å². The molecule has 16 heavy (non-hydrogen) atoms. The van der Waals surface area contributed by atoms with Crippen molar-refractivity contribution in [2.24, 2.45) is 10.8 Å². The molecule has 1 saturated carbocycles. The van der Waals surface area contributed by atoms with Crippen LogP contribution in [0.2, 0.25) is 0 Å². The Morgan fingerprint density at radius 1 is 1.31 bits per heavy atom. The van der Waals surface area contributed by atoms with Gasteiger partial charge in [0.1, 0.15) is 0 Å². The molecule has 2 nitrogen and oxygen atoms in total. The van der Waals surface area contributed by atoms with Gasteiger partial charge in [0.15, 0.2) is 0 Å². The van der Waals surface area contributed by atoms with Gasteiger partial charge in [0, 0.05) is 19.2 Å². The Balaban J connectivity index is 2.42. The van der Waals surface area contributed by atoms with Gasteiger partial charge in [0.05, 0.1) is 0 Å². The van der Waals surface area contributed by atoms with Gasteiger partial charge in [-0.3, -0.25) is 0 Å². The van der Waals surface area contributed by atoms with Crippen LogP contribution in [0.1, 0.15) is 59.8 Å². The molecule has 1 fully saturated rings. The van der Waals surface area contributed by atoms with E-state index in [1.807, 2.05) is 0 Å². The van der Waals surface area contributed by atoms with Crippen molar-refractivity contribution in [1.29, 1.82) is 0 Å². The monoisotopic (exact) mass is 227 g/mol. The topological polar surface area (TPSA) is 32.3 Å². The molecule has 2 heteroatoms. The third kappa shape index (κ3) is 3.21. The Hall–Kier alpha value is -0.0800. The minimum Gasteiger partial charge on any atom is -0.396 e. The van der Waals surface area contributed by atoms with E-state index in [9.17, 15) is 5.11 Å². The van der Waals surface area contributed by atoms with Crippen LogP contribution >= 0.6 is 0 Å². The Kier molecular flexibility index (Phi) is 4.81. The van der Waals surface area contributed by atoms with Gasteiger partial charge in [-0.15, -0.1) is 0 Å². The van der Waals surface area contributed by atoms with E-state index in [1.165, 1.54) is 12.8 Å². The van der Waals surface area contributed by atoms with E-state index in [4.69, 9.17) is 0 Å². The summed E-state index contributed by atoms with van der Waals surface area (Å²) in [6.07, 6.45) is 5.97. The molecule has 0 radical (unpaired) electrons. The normalized spacial score (nSPS) is 20.8. The molecule has 0 saturated heterocycles. The van der Waals surface area contributed by atoms with Gasteiger partial charge in [0.2, 0.25) is 0 Å². The van der Waals surface area contributed by atoms with Crippen LogP contribution in [-0.2, 0) is 0 Å². The van der Waals surface area contributed by atoms with E-state index in [0.717, 1.165) is 25.8 Å². The molecule has 96 valence electrons. The molecule has 1 aliphatic rings. The Labute approximate surface area is 101 Å². The number of aliphatic hydroxyl groups is 1. The largest absolute Gasteiger partial charge is 0.396 e. The van der Waals surface area contributed by atoms with Crippen molar-refractivity contribution in [3.05, 3.63) is 0 Å². The van der Waals surface area contributed by atoms with Crippen LogP contribution in [0.4, 0.5) is 0 Å². The van der Waals surface area contributed by atoms with Gasteiger partial charge in [-0.05, 0) is 49.9 Å². The molecular formula is C14H29NO. The second kappa shape index (κ2) is 5.50. The van der Waals surface area contributed by atoms with E-state index >= 15 is 0 Å². The number of hydrogen-bond acceptors (Lipinski definition) is 2. The third-order valence-corrected chi connectivity index (χ3v) is 5.01. The fraction of sp³-hybridized carbons (Fsp3) is 1.00. The molecule has 2 N–H and O–H groups in total. The van der Waals surface area contributed by atoms with E-state index in [1.54, 1.807) is 0 Å². The van der Waals surface area contributed by atoms with Crippen molar-refractivity contribution in [1.82, 2.24) is 5.32 Å². The average Bonchev–Trinajstić information content (AvgIpc) is 3.04. The maximum Gasteiger partial charge on any atom is 0.0436 e. The van der Waals surface area contributed by atoms with Crippen LogP contribution in [-0.4, -0.2) is 24.3 Å². The lowest BCUT2D eigenvalue weighted by molar-refractivity contribution is 0.154. The molecule has 0 amide bonds. The fourth-order valence-electron chi connectivity index (χ4n) is 2.43. The standard InChI is InChI=1S/C14H29NO/c1-5-14(6-2,9-10-16)11-15-12(3)13(4)7-8-13/h12,15-16H,5-11H2,1-4H3. The third-order valence-electron chi connectivity index (χ3n) is 5.01. The van der Waals surface area contributed by atoms with Crippen LogP contribution in [0.25, 0.3) is 0 Å². The quantitative estimate of drug-likeness (QED) is 0.668. The summed E-state index contributed by atoms with van der Waals surface area (Å²) in [5, 5.41) is 12.9. The van der Waals surface area contributed by atoms with E-state index in [-0.39, 0.29) is 0 Å². The molecule has 0 spiro atoms. The second-order valence-corrected chi connectivity index (χ2v) is 5.94. The number of aliphatic hydroxyl groups excluding tert-OH is 1. The molecule has 0 aromatic carbocycles. The van der Waals surface area contributed by atoms with Crippen molar-refractivity contribution in [3.8, 4) is 0 Å². The van der Waals surface area contributed by atoms with Crippen LogP contribution < -0.4 is 5.32 Å². The zero-order valence-corrected chi connectivity index (χ0v) is 11.5. The number of hydrogen-bond donors (Lipinski definition) is 2. The number of nitrogens with one attached hydrogen (secondary N) is 1. The van der Waals surface area contributed by atoms with Gasteiger partial charge in [-0.2, -0.15) is 0 Å². The summed E-state index contributed by atoms with van der Waals surface area (Å²) in [6.45, 7) is 10.5. The maximum atomic E-state index is 9.17.